The quantitative estimate of drug-likeness (QED) is 0.504. The monoisotopic (exact) mass is 404 g/mol. The van der Waals surface area contributed by atoms with Crippen molar-refractivity contribution >= 4 is 46.1 Å². The summed E-state index contributed by atoms with van der Waals surface area (Å²) >= 11 is 13.7. The topological polar surface area (TPSA) is 42.0 Å². The van der Waals surface area contributed by atoms with E-state index < -0.39 is 5.41 Å². The summed E-state index contributed by atoms with van der Waals surface area (Å²) in [5.41, 5.74) is 2.78. The standard InChI is InChI=1S/C20H18Cl2N2OS/c1-20(2,12-21)19(25)23-14-7-5-6-13(10-14)17-11-26-18(24-17)15-8-3-4-9-16(15)22/h3-11H,12H2,1-2H3,(H,23,25). The van der Waals surface area contributed by atoms with Crippen molar-refractivity contribution in [3.8, 4) is 21.8 Å². The lowest BCUT2D eigenvalue weighted by Gasteiger charge is -2.20. The zero-order valence-electron chi connectivity index (χ0n) is 14.4. The number of carbonyl (C=O) groups is 1. The van der Waals surface area contributed by atoms with Crippen molar-refractivity contribution in [2.45, 2.75) is 13.8 Å². The Morgan fingerprint density at radius 2 is 1.96 bits per heavy atom. The average Bonchev–Trinajstić information content (AvgIpc) is 3.12. The third kappa shape index (κ3) is 4.09. The molecule has 3 aromatic rings. The number of alkyl halides is 1. The SMILES string of the molecule is CC(C)(CCl)C(=O)Nc1cccc(-c2csc(-c3ccccc3Cl)n2)c1. The molecule has 134 valence electrons. The number of nitrogens with one attached hydrogen (secondary N) is 1. The van der Waals surface area contributed by atoms with Crippen molar-refractivity contribution in [3.63, 3.8) is 0 Å². The van der Waals surface area contributed by atoms with Crippen molar-refractivity contribution in [2.75, 3.05) is 11.2 Å². The van der Waals surface area contributed by atoms with Crippen LogP contribution >= 0.6 is 34.5 Å². The van der Waals surface area contributed by atoms with E-state index in [4.69, 9.17) is 28.2 Å². The lowest BCUT2D eigenvalue weighted by Crippen LogP contribution is -2.32. The predicted octanol–water partition coefficient (Wildman–Crippen LogP) is 6.33. The first-order chi connectivity index (χ1) is 12.4. The highest BCUT2D eigenvalue weighted by atomic mass is 35.5. The highest BCUT2D eigenvalue weighted by molar-refractivity contribution is 7.13. The van der Waals surface area contributed by atoms with Gasteiger partial charge in [0.05, 0.1) is 16.1 Å². The summed E-state index contributed by atoms with van der Waals surface area (Å²) in [5, 5.41) is 6.45. The summed E-state index contributed by atoms with van der Waals surface area (Å²) in [6.07, 6.45) is 0. The number of aromatic nitrogens is 1. The number of nitrogens with zero attached hydrogens (tertiary/aromatic N) is 1. The summed E-state index contributed by atoms with van der Waals surface area (Å²) in [5.74, 6) is 0.144. The first-order valence-corrected chi connectivity index (χ1v) is 9.88. The minimum absolute atomic E-state index is 0.111. The largest absolute Gasteiger partial charge is 0.326 e. The van der Waals surface area contributed by atoms with Crippen molar-refractivity contribution in [1.29, 1.82) is 0 Å². The number of anilines is 1. The predicted molar refractivity (Wildman–Crippen MR) is 111 cm³/mol. The van der Waals surface area contributed by atoms with Crippen LogP contribution in [0.2, 0.25) is 5.02 Å². The Kier molecular flexibility index (Phi) is 5.66. The van der Waals surface area contributed by atoms with Crippen LogP contribution in [0.3, 0.4) is 0 Å². The van der Waals surface area contributed by atoms with E-state index in [1.54, 1.807) is 0 Å². The number of benzene rings is 2. The summed E-state index contributed by atoms with van der Waals surface area (Å²) in [6.45, 7) is 3.63. The zero-order chi connectivity index (χ0) is 18.7. The number of hydrogen-bond acceptors (Lipinski definition) is 3. The van der Waals surface area contributed by atoms with E-state index in [-0.39, 0.29) is 11.8 Å². The molecular formula is C20H18Cl2N2OS. The Hall–Kier alpha value is -1.88. The van der Waals surface area contributed by atoms with E-state index in [0.717, 1.165) is 27.5 Å². The molecule has 0 aliphatic carbocycles. The van der Waals surface area contributed by atoms with Gasteiger partial charge in [-0.05, 0) is 32.0 Å². The van der Waals surface area contributed by atoms with Crippen LogP contribution in [-0.2, 0) is 4.79 Å². The number of carbonyl (C=O) groups excluding carboxylic acids is 1. The van der Waals surface area contributed by atoms with Crippen LogP contribution in [0.4, 0.5) is 5.69 Å². The third-order valence-electron chi connectivity index (χ3n) is 3.97. The summed E-state index contributed by atoms with van der Waals surface area (Å²) in [6, 6.07) is 15.3. The molecule has 0 aliphatic rings. The van der Waals surface area contributed by atoms with E-state index in [9.17, 15) is 4.79 Å². The number of rotatable bonds is 5. The lowest BCUT2D eigenvalue weighted by atomic mass is 9.95. The van der Waals surface area contributed by atoms with Crippen LogP contribution in [-0.4, -0.2) is 16.8 Å². The normalized spacial score (nSPS) is 11.4. The number of hydrogen-bond donors (Lipinski definition) is 1. The second-order valence-corrected chi connectivity index (χ2v) is 8.10. The van der Waals surface area contributed by atoms with Crippen molar-refractivity contribution < 1.29 is 4.79 Å². The summed E-state index contributed by atoms with van der Waals surface area (Å²) in [7, 11) is 0. The Labute approximate surface area is 167 Å². The molecule has 1 aromatic heterocycles. The van der Waals surface area contributed by atoms with Gasteiger partial charge in [0.15, 0.2) is 0 Å². The maximum absolute atomic E-state index is 12.3. The molecule has 0 saturated heterocycles. The van der Waals surface area contributed by atoms with Gasteiger partial charge < -0.3 is 5.32 Å². The smallest absolute Gasteiger partial charge is 0.231 e. The molecule has 1 heterocycles. The van der Waals surface area contributed by atoms with Crippen LogP contribution in [0, 0.1) is 5.41 Å². The molecule has 26 heavy (non-hydrogen) atoms. The molecule has 3 rings (SSSR count). The van der Waals surface area contributed by atoms with Gasteiger partial charge in [-0.25, -0.2) is 4.98 Å². The van der Waals surface area contributed by atoms with Crippen LogP contribution < -0.4 is 5.32 Å². The van der Waals surface area contributed by atoms with E-state index in [1.165, 1.54) is 11.3 Å². The molecule has 0 fully saturated rings. The molecule has 0 spiro atoms. The number of thiazole rings is 1. The van der Waals surface area contributed by atoms with Crippen molar-refractivity contribution in [3.05, 3.63) is 58.9 Å². The Morgan fingerprint density at radius 3 is 2.69 bits per heavy atom. The molecule has 0 atom stereocenters. The van der Waals surface area contributed by atoms with E-state index in [0.29, 0.717) is 5.02 Å². The minimum Gasteiger partial charge on any atom is -0.326 e. The average molecular weight is 405 g/mol. The van der Waals surface area contributed by atoms with Gasteiger partial charge in [0.25, 0.3) is 0 Å². The molecule has 0 unspecified atom stereocenters. The fraction of sp³-hybridized carbons (Fsp3) is 0.200. The third-order valence-corrected chi connectivity index (χ3v) is 5.85. The zero-order valence-corrected chi connectivity index (χ0v) is 16.8. The van der Waals surface area contributed by atoms with Gasteiger partial charge in [-0.1, -0.05) is 41.9 Å². The van der Waals surface area contributed by atoms with Crippen LogP contribution in [0.15, 0.2) is 53.9 Å². The highest BCUT2D eigenvalue weighted by Crippen LogP contribution is 2.33. The van der Waals surface area contributed by atoms with Crippen LogP contribution in [0.25, 0.3) is 21.8 Å². The van der Waals surface area contributed by atoms with Gasteiger partial charge in [-0.15, -0.1) is 22.9 Å². The molecule has 0 radical (unpaired) electrons. The Balaban J connectivity index is 1.85. The fourth-order valence-corrected chi connectivity index (χ4v) is 3.55. The first kappa shape index (κ1) is 18.9. The second-order valence-electron chi connectivity index (χ2n) is 6.57. The highest BCUT2D eigenvalue weighted by Gasteiger charge is 2.26. The van der Waals surface area contributed by atoms with E-state index >= 15 is 0 Å². The maximum Gasteiger partial charge on any atom is 0.231 e. The maximum atomic E-state index is 12.3. The first-order valence-electron chi connectivity index (χ1n) is 8.09. The minimum atomic E-state index is -0.630. The molecule has 0 bridgehead atoms. The van der Waals surface area contributed by atoms with Gasteiger partial charge in [0.2, 0.25) is 5.91 Å². The number of amides is 1. The molecule has 1 amide bonds. The molecule has 1 N–H and O–H groups in total. The van der Waals surface area contributed by atoms with Crippen molar-refractivity contribution in [1.82, 2.24) is 4.98 Å². The summed E-state index contributed by atoms with van der Waals surface area (Å²) < 4.78 is 0. The van der Waals surface area contributed by atoms with Gasteiger partial charge in [0.1, 0.15) is 5.01 Å². The summed E-state index contributed by atoms with van der Waals surface area (Å²) in [4.78, 5) is 17.0. The molecule has 0 aliphatic heterocycles. The fourth-order valence-electron chi connectivity index (χ4n) is 2.28. The molecule has 3 nitrogen and oxygen atoms in total. The Morgan fingerprint density at radius 1 is 1.19 bits per heavy atom. The number of halogens is 2. The van der Waals surface area contributed by atoms with Crippen LogP contribution in [0.1, 0.15) is 13.8 Å². The van der Waals surface area contributed by atoms with Crippen LogP contribution in [0.5, 0.6) is 0 Å². The van der Waals surface area contributed by atoms with Gasteiger partial charge in [-0.3, -0.25) is 4.79 Å². The van der Waals surface area contributed by atoms with Gasteiger partial charge >= 0.3 is 0 Å². The van der Waals surface area contributed by atoms with Gasteiger partial charge in [-0.2, -0.15) is 0 Å². The molecule has 2 aromatic carbocycles. The van der Waals surface area contributed by atoms with Gasteiger partial charge in [0, 0.05) is 28.1 Å². The molecular weight excluding hydrogens is 387 g/mol. The van der Waals surface area contributed by atoms with E-state index in [1.807, 2.05) is 67.8 Å². The molecule has 0 saturated carbocycles. The lowest BCUT2D eigenvalue weighted by molar-refractivity contribution is -0.122. The molecule has 6 heteroatoms. The second kappa shape index (κ2) is 7.78. The Bertz CT molecular complexity index is 937. The van der Waals surface area contributed by atoms with E-state index in [2.05, 4.69) is 5.32 Å². The van der Waals surface area contributed by atoms with Crippen molar-refractivity contribution in [2.24, 2.45) is 5.41 Å².